The molecule has 1 aromatic heterocycles. The van der Waals surface area contributed by atoms with Crippen molar-refractivity contribution in [3.63, 3.8) is 0 Å². The van der Waals surface area contributed by atoms with Gasteiger partial charge in [0.15, 0.2) is 0 Å². The summed E-state index contributed by atoms with van der Waals surface area (Å²) in [6.07, 6.45) is 1.78. The van der Waals surface area contributed by atoms with E-state index in [1.165, 1.54) is 0 Å². The van der Waals surface area contributed by atoms with Gasteiger partial charge in [-0.05, 0) is 14.0 Å². The lowest BCUT2D eigenvalue weighted by Crippen LogP contribution is -2.26. The van der Waals surface area contributed by atoms with Crippen molar-refractivity contribution in [2.75, 3.05) is 7.05 Å². The summed E-state index contributed by atoms with van der Waals surface area (Å²) in [5.74, 6) is 0. The van der Waals surface area contributed by atoms with E-state index in [0.29, 0.717) is 0 Å². The molecule has 0 bridgehead atoms. The van der Waals surface area contributed by atoms with Crippen LogP contribution in [0.25, 0.3) is 0 Å². The zero-order chi connectivity index (χ0) is 8.97. The number of hydrogen-bond donors (Lipinski definition) is 0. The van der Waals surface area contributed by atoms with Gasteiger partial charge in [-0.2, -0.15) is 5.26 Å². The Bertz CT molecular complexity index is 262. The first-order chi connectivity index (χ1) is 5.74. The highest BCUT2D eigenvalue weighted by atomic mass is 32.1. The zero-order valence-electron chi connectivity index (χ0n) is 7.19. The molecule has 1 atom stereocenters. The van der Waals surface area contributed by atoms with Crippen LogP contribution in [0.1, 0.15) is 11.9 Å². The van der Waals surface area contributed by atoms with Crippen LogP contribution in [0.4, 0.5) is 0 Å². The topological polar surface area (TPSA) is 39.9 Å². The maximum atomic E-state index is 8.63. The molecule has 0 aromatic carbocycles. The van der Waals surface area contributed by atoms with Crippen LogP contribution in [0.15, 0.2) is 11.6 Å². The minimum absolute atomic E-state index is 0.0473. The predicted octanol–water partition coefficient (Wildman–Crippen LogP) is 1.49. The van der Waals surface area contributed by atoms with Crippen molar-refractivity contribution < 1.29 is 0 Å². The highest BCUT2D eigenvalue weighted by molar-refractivity contribution is 7.09. The summed E-state index contributed by atoms with van der Waals surface area (Å²) in [6.45, 7) is 2.64. The fourth-order valence-corrected chi connectivity index (χ4v) is 1.46. The minimum atomic E-state index is -0.0473. The highest BCUT2D eigenvalue weighted by Crippen LogP contribution is 2.08. The Kier molecular flexibility index (Phi) is 3.20. The summed E-state index contributed by atoms with van der Waals surface area (Å²) in [5, 5.41) is 11.6. The lowest BCUT2D eigenvalue weighted by atomic mass is 10.3. The number of nitriles is 1. The first kappa shape index (κ1) is 9.17. The van der Waals surface area contributed by atoms with Crippen molar-refractivity contribution in [3.8, 4) is 6.07 Å². The molecule has 3 nitrogen and oxygen atoms in total. The SMILES string of the molecule is CC(C#N)N(C)Cc1nccs1. The molecule has 1 aromatic rings. The van der Waals surface area contributed by atoms with Crippen LogP contribution in [0, 0.1) is 11.3 Å². The van der Waals surface area contributed by atoms with E-state index < -0.39 is 0 Å². The molecule has 1 rings (SSSR count). The van der Waals surface area contributed by atoms with E-state index in [1.54, 1.807) is 17.5 Å². The molecule has 0 saturated carbocycles. The summed E-state index contributed by atoms with van der Waals surface area (Å²) in [5.41, 5.74) is 0. The number of rotatable bonds is 3. The Hall–Kier alpha value is -0.920. The third-order valence-electron chi connectivity index (χ3n) is 1.72. The second-order valence-corrected chi connectivity index (χ2v) is 3.63. The van der Waals surface area contributed by atoms with Crippen LogP contribution in [0.5, 0.6) is 0 Å². The average Bonchev–Trinajstić information content (AvgIpc) is 2.55. The van der Waals surface area contributed by atoms with Crippen LogP contribution in [0.2, 0.25) is 0 Å². The molecular weight excluding hydrogens is 170 g/mol. The summed E-state index contributed by atoms with van der Waals surface area (Å²) >= 11 is 1.62. The highest BCUT2D eigenvalue weighted by Gasteiger charge is 2.08. The van der Waals surface area contributed by atoms with E-state index in [0.717, 1.165) is 11.6 Å². The molecule has 0 aliphatic rings. The summed E-state index contributed by atoms with van der Waals surface area (Å²) in [4.78, 5) is 6.11. The van der Waals surface area contributed by atoms with Crippen molar-refractivity contribution in [1.82, 2.24) is 9.88 Å². The first-order valence-corrected chi connectivity index (χ1v) is 4.60. The lowest BCUT2D eigenvalue weighted by Gasteiger charge is -2.16. The van der Waals surface area contributed by atoms with Gasteiger partial charge in [-0.25, -0.2) is 4.98 Å². The van der Waals surface area contributed by atoms with Crippen molar-refractivity contribution in [1.29, 1.82) is 5.26 Å². The van der Waals surface area contributed by atoms with Gasteiger partial charge in [0.05, 0.1) is 18.7 Å². The molecule has 0 radical (unpaired) electrons. The van der Waals surface area contributed by atoms with Crippen LogP contribution < -0.4 is 0 Å². The zero-order valence-corrected chi connectivity index (χ0v) is 8.01. The molecule has 4 heteroatoms. The molecule has 1 heterocycles. The average molecular weight is 181 g/mol. The summed E-state index contributed by atoms with van der Waals surface area (Å²) < 4.78 is 0. The molecular formula is C8H11N3S. The minimum Gasteiger partial charge on any atom is -0.285 e. The predicted molar refractivity (Wildman–Crippen MR) is 48.7 cm³/mol. The number of hydrogen-bond acceptors (Lipinski definition) is 4. The molecule has 0 saturated heterocycles. The molecule has 12 heavy (non-hydrogen) atoms. The van der Waals surface area contributed by atoms with Gasteiger partial charge < -0.3 is 0 Å². The smallest absolute Gasteiger partial charge is 0.107 e. The van der Waals surface area contributed by atoms with E-state index in [9.17, 15) is 0 Å². The maximum Gasteiger partial charge on any atom is 0.107 e. The van der Waals surface area contributed by atoms with Crippen molar-refractivity contribution >= 4 is 11.3 Å². The lowest BCUT2D eigenvalue weighted by molar-refractivity contribution is 0.294. The Morgan fingerprint density at radius 1 is 1.83 bits per heavy atom. The number of thiazole rings is 1. The van der Waals surface area contributed by atoms with Gasteiger partial charge in [0.25, 0.3) is 0 Å². The largest absolute Gasteiger partial charge is 0.285 e. The molecule has 1 unspecified atom stereocenters. The first-order valence-electron chi connectivity index (χ1n) is 3.72. The normalized spacial score (nSPS) is 12.8. The Morgan fingerprint density at radius 2 is 2.58 bits per heavy atom. The Balaban J connectivity index is 2.48. The monoisotopic (exact) mass is 181 g/mol. The second kappa shape index (κ2) is 4.19. The molecule has 0 aliphatic heterocycles. The van der Waals surface area contributed by atoms with E-state index in [-0.39, 0.29) is 6.04 Å². The van der Waals surface area contributed by atoms with Gasteiger partial charge in [0, 0.05) is 11.6 Å². The van der Waals surface area contributed by atoms with E-state index in [4.69, 9.17) is 5.26 Å². The van der Waals surface area contributed by atoms with Crippen LogP contribution in [-0.4, -0.2) is 23.0 Å². The van der Waals surface area contributed by atoms with Crippen LogP contribution in [-0.2, 0) is 6.54 Å². The second-order valence-electron chi connectivity index (χ2n) is 2.65. The van der Waals surface area contributed by atoms with E-state index >= 15 is 0 Å². The van der Waals surface area contributed by atoms with Gasteiger partial charge in [-0.1, -0.05) is 0 Å². The van der Waals surface area contributed by atoms with Crippen molar-refractivity contribution in [2.45, 2.75) is 19.5 Å². The van der Waals surface area contributed by atoms with Crippen molar-refractivity contribution in [2.24, 2.45) is 0 Å². The van der Waals surface area contributed by atoms with Crippen LogP contribution >= 0.6 is 11.3 Å². The van der Waals surface area contributed by atoms with Gasteiger partial charge in [0.2, 0.25) is 0 Å². The third-order valence-corrected chi connectivity index (χ3v) is 2.48. The van der Waals surface area contributed by atoms with Gasteiger partial charge in [-0.3, -0.25) is 4.90 Å². The molecule has 0 N–H and O–H groups in total. The molecule has 64 valence electrons. The third kappa shape index (κ3) is 2.29. The Morgan fingerprint density at radius 3 is 3.08 bits per heavy atom. The van der Waals surface area contributed by atoms with E-state index in [2.05, 4.69) is 11.1 Å². The molecule has 0 fully saturated rings. The molecule has 0 aliphatic carbocycles. The number of aromatic nitrogens is 1. The fraction of sp³-hybridized carbons (Fsp3) is 0.500. The summed E-state index contributed by atoms with van der Waals surface area (Å²) in [6, 6.07) is 2.13. The Labute approximate surface area is 76.3 Å². The van der Waals surface area contributed by atoms with Gasteiger partial charge in [0.1, 0.15) is 5.01 Å². The molecule has 0 spiro atoms. The standard InChI is InChI=1S/C8H11N3S/c1-7(5-9)11(2)6-8-10-3-4-12-8/h3-4,7H,6H2,1-2H3. The van der Waals surface area contributed by atoms with E-state index in [1.807, 2.05) is 24.3 Å². The summed E-state index contributed by atoms with van der Waals surface area (Å²) in [7, 11) is 1.93. The van der Waals surface area contributed by atoms with Crippen LogP contribution in [0.3, 0.4) is 0 Å². The van der Waals surface area contributed by atoms with Gasteiger partial charge in [-0.15, -0.1) is 11.3 Å². The van der Waals surface area contributed by atoms with Crippen molar-refractivity contribution in [3.05, 3.63) is 16.6 Å². The maximum absolute atomic E-state index is 8.63. The fourth-order valence-electron chi connectivity index (χ4n) is 0.780. The number of nitrogens with zero attached hydrogens (tertiary/aromatic N) is 3. The van der Waals surface area contributed by atoms with Gasteiger partial charge >= 0.3 is 0 Å². The quantitative estimate of drug-likeness (QED) is 0.709. The molecule has 0 amide bonds.